The number of hydrogen-bond acceptors (Lipinski definition) is 7. The minimum Gasteiger partial charge on any atom is -0.493 e. The van der Waals surface area contributed by atoms with E-state index in [4.69, 9.17) is 36.2 Å². The van der Waals surface area contributed by atoms with Crippen molar-refractivity contribution < 1.29 is 19.5 Å². The molecule has 2 aromatic carbocycles. The van der Waals surface area contributed by atoms with Crippen LogP contribution in [0.15, 0.2) is 53.7 Å². The Morgan fingerprint density at radius 1 is 0.912 bits per heavy atom. The van der Waals surface area contributed by atoms with Gasteiger partial charge in [-0.05, 0) is 49.2 Å². The quantitative estimate of drug-likeness (QED) is 0.103. The van der Waals surface area contributed by atoms with Gasteiger partial charge in [0.2, 0.25) is 5.91 Å². The van der Waals surface area contributed by atoms with Gasteiger partial charge in [-0.2, -0.15) is 0 Å². The molecule has 0 bridgehead atoms. The molecule has 1 amide bonds. The minimum absolute atomic E-state index is 0.338. The molecule has 2 N–H and O–H groups in total. The maximum Gasteiger partial charge on any atom is 0.243 e. The Balaban J connectivity index is 1.77. The Kier molecular flexibility index (Phi) is 10.00. The lowest BCUT2D eigenvalue weighted by Crippen LogP contribution is -2.17. The van der Waals surface area contributed by atoms with E-state index >= 15 is 0 Å². The summed E-state index contributed by atoms with van der Waals surface area (Å²) in [5.74, 6) is 1.81. The third-order valence-electron chi connectivity index (χ3n) is 5.18. The molecule has 7 nitrogen and oxygen atoms in total. The molecule has 0 aliphatic carbocycles. The van der Waals surface area contributed by atoms with E-state index in [1.807, 2.05) is 48.5 Å². The summed E-state index contributed by atoms with van der Waals surface area (Å²) in [6.45, 7) is 0. The van der Waals surface area contributed by atoms with Gasteiger partial charge in [-0.25, -0.2) is 15.4 Å². The summed E-state index contributed by atoms with van der Waals surface area (Å²) >= 11 is 7.67. The van der Waals surface area contributed by atoms with E-state index in [0.29, 0.717) is 28.1 Å². The first-order valence-electron chi connectivity index (χ1n) is 11.0. The highest BCUT2D eigenvalue weighted by atomic mass is 35.5. The molecule has 34 heavy (non-hydrogen) atoms. The van der Waals surface area contributed by atoms with Crippen LogP contribution in [0, 0.1) is 0 Å². The number of nitrogens with zero attached hydrogens (tertiary/aromatic N) is 2. The van der Waals surface area contributed by atoms with Crippen molar-refractivity contribution >= 4 is 29.3 Å². The van der Waals surface area contributed by atoms with Crippen molar-refractivity contribution in [3.8, 4) is 34.0 Å². The second kappa shape index (κ2) is 13.2. The number of halogens is 1. The zero-order chi connectivity index (χ0) is 24.3. The van der Waals surface area contributed by atoms with Crippen molar-refractivity contribution in [3.05, 3.63) is 53.6 Å². The second-order valence-electron chi connectivity index (χ2n) is 7.55. The fourth-order valence-corrected chi connectivity index (χ4v) is 4.34. The summed E-state index contributed by atoms with van der Waals surface area (Å²) in [7, 11) is 3.22. The number of benzene rings is 2. The first-order valence-corrected chi connectivity index (χ1v) is 12.3. The van der Waals surface area contributed by atoms with Crippen LogP contribution in [0.25, 0.3) is 22.5 Å². The normalized spacial score (nSPS) is 10.7. The largest absolute Gasteiger partial charge is 0.493 e. The third kappa shape index (κ3) is 7.35. The maximum atomic E-state index is 11.1. The van der Waals surface area contributed by atoms with Gasteiger partial charge in [0, 0.05) is 28.3 Å². The SMILES string of the molecule is COc1ccc(-c2cc(-c3ccc(Cl)cc3)nc(SCCCCCCC(=O)NO)n2)cc1OC. The van der Waals surface area contributed by atoms with E-state index in [9.17, 15) is 4.79 Å². The molecule has 0 atom stereocenters. The number of hydrogen-bond donors (Lipinski definition) is 2. The lowest BCUT2D eigenvalue weighted by molar-refractivity contribution is -0.129. The van der Waals surface area contributed by atoms with Crippen molar-refractivity contribution in [2.45, 2.75) is 37.3 Å². The molecule has 0 spiro atoms. The number of amides is 1. The number of aromatic nitrogens is 2. The molecule has 0 aliphatic rings. The average Bonchev–Trinajstić information content (AvgIpc) is 2.87. The molecule has 0 fully saturated rings. The van der Waals surface area contributed by atoms with E-state index in [2.05, 4.69) is 0 Å². The maximum absolute atomic E-state index is 11.1. The topological polar surface area (TPSA) is 93.6 Å². The van der Waals surface area contributed by atoms with Crippen LogP contribution < -0.4 is 15.0 Å². The fourth-order valence-electron chi connectivity index (χ4n) is 3.36. The Bertz CT molecular complexity index is 1100. The summed E-state index contributed by atoms with van der Waals surface area (Å²) in [4.78, 5) is 20.6. The fraction of sp³-hybridized carbons (Fsp3) is 0.320. The van der Waals surface area contributed by atoms with Gasteiger partial charge in [0.25, 0.3) is 0 Å². The van der Waals surface area contributed by atoms with Crippen LogP contribution in [0.4, 0.5) is 0 Å². The number of thioether (sulfide) groups is 1. The average molecular weight is 502 g/mol. The lowest BCUT2D eigenvalue weighted by Gasteiger charge is -2.12. The summed E-state index contributed by atoms with van der Waals surface area (Å²) in [5, 5.41) is 9.91. The van der Waals surface area contributed by atoms with Gasteiger partial charge < -0.3 is 9.47 Å². The van der Waals surface area contributed by atoms with Gasteiger partial charge in [-0.3, -0.25) is 10.0 Å². The van der Waals surface area contributed by atoms with E-state index in [-0.39, 0.29) is 5.91 Å². The van der Waals surface area contributed by atoms with E-state index < -0.39 is 0 Å². The Labute approximate surface area is 208 Å². The molecular formula is C25H28ClN3O4S. The summed E-state index contributed by atoms with van der Waals surface area (Å²) in [5.41, 5.74) is 5.12. The summed E-state index contributed by atoms with van der Waals surface area (Å²) in [6, 6.07) is 15.3. The standard InChI is InChI=1S/C25H28ClN3O4S/c1-32-22-13-10-18(15-23(22)33-2)21-16-20(17-8-11-19(26)12-9-17)27-25(28-21)34-14-6-4-3-5-7-24(30)29-31/h8-13,15-16,31H,3-7,14H2,1-2H3,(H,29,30). The predicted octanol–water partition coefficient (Wildman–Crippen LogP) is 6.03. The smallest absolute Gasteiger partial charge is 0.243 e. The Morgan fingerprint density at radius 2 is 1.56 bits per heavy atom. The van der Waals surface area contributed by atoms with E-state index in [1.54, 1.807) is 31.5 Å². The van der Waals surface area contributed by atoms with Crippen LogP contribution in [0.3, 0.4) is 0 Å². The number of nitrogens with one attached hydrogen (secondary N) is 1. The molecule has 180 valence electrons. The zero-order valence-electron chi connectivity index (χ0n) is 19.2. The number of carbonyl (C=O) groups excluding carboxylic acids is 1. The highest BCUT2D eigenvalue weighted by Gasteiger charge is 2.12. The zero-order valence-corrected chi connectivity index (χ0v) is 20.8. The van der Waals surface area contributed by atoms with Crippen LogP contribution in [0.5, 0.6) is 11.5 Å². The number of rotatable bonds is 12. The number of carbonyl (C=O) groups is 1. The van der Waals surface area contributed by atoms with E-state index in [1.165, 1.54) is 0 Å². The molecule has 3 aromatic rings. The lowest BCUT2D eigenvalue weighted by atomic mass is 10.1. The van der Waals surface area contributed by atoms with Crippen LogP contribution in [-0.2, 0) is 4.79 Å². The van der Waals surface area contributed by atoms with Gasteiger partial charge in [0.1, 0.15) is 0 Å². The number of methoxy groups -OCH3 is 2. The van der Waals surface area contributed by atoms with Gasteiger partial charge in [0.15, 0.2) is 16.7 Å². The molecule has 0 aliphatic heterocycles. The highest BCUT2D eigenvalue weighted by Crippen LogP contribution is 2.34. The first-order chi connectivity index (χ1) is 16.5. The van der Waals surface area contributed by atoms with Crippen LogP contribution >= 0.6 is 23.4 Å². The van der Waals surface area contributed by atoms with Gasteiger partial charge in [0.05, 0.1) is 25.6 Å². The number of hydroxylamine groups is 1. The second-order valence-corrected chi connectivity index (χ2v) is 9.04. The predicted molar refractivity (Wildman–Crippen MR) is 135 cm³/mol. The number of unbranched alkanes of at least 4 members (excludes halogenated alkanes) is 3. The van der Waals surface area contributed by atoms with Crippen LogP contribution in [0.1, 0.15) is 32.1 Å². The minimum atomic E-state index is -0.343. The molecule has 0 saturated heterocycles. The van der Waals surface area contributed by atoms with Crippen molar-refractivity contribution in [2.24, 2.45) is 0 Å². The summed E-state index contributed by atoms with van der Waals surface area (Å²) in [6.07, 6.45) is 3.99. The van der Waals surface area contributed by atoms with Crippen LogP contribution in [-0.4, -0.2) is 41.1 Å². The van der Waals surface area contributed by atoms with Crippen molar-refractivity contribution in [1.29, 1.82) is 0 Å². The van der Waals surface area contributed by atoms with Crippen molar-refractivity contribution in [2.75, 3.05) is 20.0 Å². The molecule has 1 heterocycles. The molecule has 0 radical (unpaired) electrons. The van der Waals surface area contributed by atoms with Crippen molar-refractivity contribution in [1.82, 2.24) is 15.4 Å². The first kappa shape index (κ1) is 25.8. The van der Waals surface area contributed by atoms with Crippen LogP contribution in [0.2, 0.25) is 5.02 Å². The van der Waals surface area contributed by atoms with E-state index in [0.717, 1.165) is 54.0 Å². The van der Waals surface area contributed by atoms with Gasteiger partial charge >= 0.3 is 0 Å². The molecule has 9 heteroatoms. The van der Waals surface area contributed by atoms with Gasteiger partial charge in [-0.1, -0.05) is 48.3 Å². The Hall–Kier alpha value is -2.81. The molecule has 0 unspecified atom stereocenters. The monoisotopic (exact) mass is 501 g/mol. The highest BCUT2D eigenvalue weighted by molar-refractivity contribution is 7.99. The van der Waals surface area contributed by atoms with Gasteiger partial charge in [-0.15, -0.1) is 0 Å². The third-order valence-corrected chi connectivity index (χ3v) is 6.36. The van der Waals surface area contributed by atoms with Crippen molar-refractivity contribution in [3.63, 3.8) is 0 Å². The Morgan fingerprint density at radius 3 is 2.24 bits per heavy atom. The summed E-state index contributed by atoms with van der Waals surface area (Å²) < 4.78 is 10.8. The molecule has 0 saturated carbocycles. The molecule has 3 rings (SSSR count). The molecule has 1 aromatic heterocycles. The number of ether oxygens (including phenoxy) is 2. The molecular weight excluding hydrogens is 474 g/mol.